The van der Waals surface area contributed by atoms with Crippen molar-refractivity contribution in [3.8, 4) is 0 Å². The molecule has 1 heterocycles. The number of carbonyl (C=O) groups excluding carboxylic acids is 1. The molecule has 7 nitrogen and oxygen atoms in total. The standard InChI is InChI=1S/C13H22N4O3/c1-10(12(18)19)11(2)16-13(20)15-5-3-4-7-17-8-6-14-9-17/h6,8-11H,3-5,7H2,1-2H3,(H,18,19)(H2,15,16,20). The number of aliphatic carboxylic acids is 1. The largest absolute Gasteiger partial charge is 0.481 e. The van der Waals surface area contributed by atoms with Crippen LogP contribution in [0.25, 0.3) is 0 Å². The average Bonchev–Trinajstić information content (AvgIpc) is 2.90. The van der Waals surface area contributed by atoms with Crippen LogP contribution >= 0.6 is 0 Å². The Morgan fingerprint density at radius 2 is 2.10 bits per heavy atom. The number of carboxylic acid groups (broad SMARTS) is 1. The Bertz CT molecular complexity index is 419. The molecular formula is C13H22N4O3. The highest BCUT2D eigenvalue weighted by atomic mass is 16.4. The summed E-state index contributed by atoms with van der Waals surface area (Å²) in [6, 6.07) is -0.730. The average molecular weight is 282 g/mol. The number of nitrogens with one attached hydrogen (secondary N) is 2. The van der Waals surface area contributed by atoms with Gasteiger partial charge in [-0.2, -0.15) is 0 Å². The number of unbranched alkanes of at least 4 members (excludes halogenated alkanes) is 1. The summed E-state index contributed by atoms with van der Waals surface area (Å²) in [4.78, 5) is 26.2. The Balaban J connectivity index is 2.09. The van der Waals surface area contributed by atoms with Gasteiger partial charge in [0, 0.05) is 31.5 Å². The molecule has 0 spiro atoms. The van der Waals surface area contributed by atoms with Gasteiger partial charge in [0.2, 0.25) is 0 Å². The normalized spacial score (nSPS) is 13.5. The van der Waals surface area contributed by atoms with E-state index in [0.717, 1.165) is 19.4 Å². The van der Waals surface area contributed by atoms with Crippen molar-refractivity contribution in [3.63, 3.8) is 0 Å². The minimum atomic E-state index is -0.918. The Kier molecular flexibility index (Phi) is 6.55. The third-order valence-corrected chi connectivity index (χ3v) is 3.19. The predicted octanol–water partition coefficient (Wildman–Crippen LogP) is 1.07. The molecule has 0 aliphatic heterocycles. The van der Waals surface area contributed by atoms with E-state index in [1.807, 2.05) is 10.8 Å². The van der Waals surface area contributed by atoms with E-state index in [9.17, 15) is 9.59 Å². The molecule has 0 fully saturated rings. The molecule has 0 aromatic carbocycles. The van der Waals surface area contributed by atoms with Gasteiger partial charge in [-0.1, -0.05) is 0 Å². The summed E-state index contributed by atoms with van der Waals surface area (Å²) in [5.74, 6) is -1.53. The number of hydrogen-bond donors (Lipinski definition) is 3. The summed E-state index contributed by atoms with van der Waals surface area (Å²) >= 11 is 0. The van der Waals surface area contributed by atoms with E-state index >= 15 is 0 Å². The van der Waals surface area contributed by atoms with Gasteiger partial charge in [-0.25, -0.2) is 9.78 Å². The first kappa shape index (κ1) is 16.0. The molecule has 0 saturated heterocycles. The van der Waals surface area contributed by atoms with Gasteiger partial charge in [0.15, 0.2) is 0 Å². The van der Waals surface area contributed by atoms with E-state index in [2.05, 4.69) is 15.6 Å². The maximum atomic E-state index is 11.5. The molecule has 1 aromatic heterocycles. The van der Waals surface area contributed by atoms with Gasteiger partial charge in [0.25, 0.3) is 0 Å². The summed E-state index contributed by atoms with van der Waals surface area (Å²) in [5, 5.41) is 14.2. The summed E-state index contributed by atoms with van der Waals surface area (Å²) in [6.45, 7) is 4.68. The van der Waals surface area contributed by atoms with Crippen molar-refractivity contribution in [2.24, 2.45) is 5.92 Å². The third kappa shape index (κ3) is 5.73. The number of urea groups is 1. The third-order valence-electron chi connectivity index (χ3n) is 3.19. The van der Waals surface area contributed by atoms with Gasteiger partial charge < -0.3 is 20.3 Å². The van der Waals surface area contributed by atoms with E-state index in [0.29, 0.717) is 6.54 Å². The second-order valence-electron chi connectivity index (χ2n) is 4.82. The molecule has 1 aromatic rings. The summed E-state index contributed by atoms with van der Waals surface area (Å²) in [7, 11) is 0. The summed E-state index contributed by atoms with van der Waals surface area (Å²) in [6.07, 6.45) is 7.19. The Morgan fingerprint density at radius 1 is 1.35 bits per heavy atom. The molecule has 0 saturated carbocycles. The Labute approximate surface area is 118 Å². The Morgan fingerprint density at radius 3 is 2.70 bits per heavy atom. The van der Waals surface area contributed by atoms with Crippen molar-refractivity contribution in [2.45, 2.75) is 39.3 Å². The monoisotopic (exact) mass is 282 g/mol. The maximum Gasteiger partial charge on any atom is 0.315 e. The second-order valence-corrected chi connectivity index (χ2v) is 4.82. The zero-order valence-electron chi connectivity index (χ0n) is 11.9. The van der Waals surface area contributed by atoms with E-state index in [1.54, 1.807) is 26.4 Å². The lowest BCUT2D eigenvalue weighted by atomic mass is 10.0. The number of hydrogen-bond acceptors (Lipinski definition) is 3. The summed E-state index contributed by atoms with van der Waals surface area (Å²) < 4.78 is 1.98. The predicted molar refractivity (Wildman–Crippen MR) is 74.3 cm³/mol. The number of amides is 2. The number of aromatic nitrogens is 2. The molecule has 2 amide bonds. The van der Waals surface area contributed by atoms with Crippen LogP contribution in [-0.4, -0.2) is 39.2 Å². The van der Waals surface area contributed by atoms with Crippen LogP contribution in [-0.2, 0) is 11.3 Å². The highest BCUT2D eigenvalue weighted by Gasteiger charge is 2.20. The van der Waals surface area contributed by atoms with E-state index < -0.39 is 17.9 Å². The molecule has 0 aliphatic carbocycles. The van der Waals surface area contributed by atoms with Crippen LogP contribution in [0.4, 0.5) is 4.79 Å². The van der Waals surface area contributed by atoms with Gasteiger partial charge in [-0.15, -0.1) is 0 Å². The molecule has 2 unspecified atom stereocenters. The van der Waals surface area contributed by atoms with Crippen LogP contribution in [0.5, 0.6) is 0 Å². The number of rotatable bonds is 8. The first-order chi connectivity index (χ1) is 9.50. The van der Waals surface area contributed by atoms with Crippen molar-refractivity contribution in [1.82, 2.24) is 20.2 Å². The van der Waals surface area contributed by atoms with Crippen LogP contribution in [0.15, 0.2) is 18.7 Å². The highest BCUT2D eigenvalue weighted by Crippen LogP contribution is 2.01. The second kappa shape index (κ2) is 8.19. The minimum Gasteiger partial charge on any atom is -0.481 e. The molecule has 3 N–H and O–H groups in total. The molecule has 1 rings (SSSR count). The smallest absolute Gasteiger partial charge is 0.315 e. The summed E-state index contributed by atoms with van der Waals surface area (Å²) in [5.41, 5.74) is 0. The van der Waals surface area contributed by atoms with E-state index in [4.69, 9.17) is 5.11 Å². The lowest BCUT2D eigenvalue weighted by Gasteiger charge is -2.18. The molecule has 0 aliphatic rings. The molecule has 20 heavy (non-hydrogen) atoms. The van der Waals surface area contributed by atoms with Crippen molar-refractivity contribution >= 4 is 12.0 Å². The quantitative estimate of drug-likeness (QED) is 0.621. The zero-order valence-corrected chi connectivity index (χ0v) is 11.9. The Hall–Kier alpha value is -2.05. The number of aryl methyl sites for hydroxylation is 1. The molecule has 2 atom stereocenters. The van der Waals surface area contributed by atoms with Gasteiger partial charge in [0.1, 0.15) is 0 Å². The fraction of sp³-hybridized carbons (Fsp3) is 0.615. The fourth-order valence-electron chi connectivity index (χ4n) is 1.64. The van der Waals surface area contributed by atoms with Crippen molar-refractivity contribution in [1.29, 1.82) is 0 Å². The molecular weight excluding hydrogens is 260 g/mol. The first-order valence-corrected chi connectivity index (χ1v) is 6.73. The molecule has 112 valence electrons. The number of carboxylic acids is 1. The van der Waals surface area contributed by atoms with E-state index in [-0.39, 0.29) is 6.03 Å². The fourth-order valence-corrected chi connectivity index (χ4v) is 1.64. The zero-order chi connectivity index (χ0) is 15.0. The van der Waals surface area contributed by atoms with Crippen LogP contribution in [0.1, 0.15) is 26.7 Å². The van der Waals surface area contributed by atoms with Gasteiger partial charge in [-0.05, 0) is 26.7 Å². The molecule has 0 radical (unpaired) electrons. The van der Waals surface area contributed by atoms with Gasteiger partial charge in [0.05, 0.1) is 12.2 Å². The maximum absolute atomic E-state index is 11.5. The van der Waals surface area contributed by atoms with Crippen LogP contribution in [0.2, 0.25) is 0 Å². The topological polar surface area (TPSA) is 96.3 Å². The number of nitrogens with zero attached hydrogens (tertiary/aromatic N) is 2. The van der Waals surface area contributed by atoms with Gasteiger partial charge >= 0.3 is 12.0 Å². The molecule has 0 bridgehead atoms. The number of carbonyl (C=O) groups is 2. The van der Waals surface area contributed by atoms with Crippen LogP contribution in [0.3, 0.4) is 0 Å². The van der Waals surface area contributed by atoms with Crippen LogP contribution in [0, 0.1) is 5.92 Å². The van der Waals surface area contributed by atoms with E-state index in [1.165, 1.54) is 0 Å². The van der Waals surface area contributed by atoms with Gasteiger partial charge in [-0.3, -0.25) is 4.79 Å². The first-order valence-electron chi connectivity index (χ1n) is 6.73. The molecule has 7 heteroatoms. The SMILES string of the molecule is CC(NC(=O)NCCCCn1ccnc1)C(C)C(=O)O. The van der Waals surface area contributed by atoms with Crippen LogP contribution < -0.4 is 10.6 Å². The number of imidazole rings is 1. The van der Waals surface area contributed by atoms with Crippen molar-refractivity contribution in [3.05, 3.63) is 18.7 Å². The van der Waals surface area contributed by atoms with Crippen molar-refractivity contribution < 1.29 is 14.7 Å². The van der Waals surface area contributed by atoms with Crippen molar-refractivity contribution in [2.75, 3.05) is 6.54 Å². The lowest BCUT2D eigenvalue weighted by Crippen LogP contribution is -2.45. The minimum absolute atomic E-state index is 0.326. The lowest BCUT2D eigenvalue weighted by molar-refractivity contribution is -0.141. The highest BCUT2D eigenvalue weighted by molar-refractivity contribution is 5.76.